The van der Waals surface area contributed by atoms with Crippen LogP contribution in [0.4, 0.5) is 4.39 Å². The first-order chi connectivity index (χ1) is 8.61. The van der Waals surface area contributed by atoms with Crippen molar-refractivity contribution in [3.63, 3.8) is 0 Å². The summed E-state index contributed by atoms with van der Waals surface area (Å²) >= 11 is 5.68. The third-order valence-corrected chi connectivity index (χ3v) is 3.09. The molecule has 0 saturated carbocycles. The van der Waals surface area contributed by atoms with E-state index in [1.165, 1.54) is 6.07 Å². The summed E-state index contributed by atoms with van der Waals surface area (Å²) in [6.07, 6.45) is 2.68. The standard InChI is InChI=1S/C13H14ClFN2O/c1-2-17-8-16-7-12(17)13(18)5-9-3-4-10(14)6-11(9)15/h3-4,6-8,13,18H,2,5H2,1H3. The van der Waals surface area contributed by atoms with Crippen LogP contribution in [0.3, 0.4) is 0 Å². The van der Waals surface area contributed by atoms with Crippen LogP contribution in [-0.4, -0.2) is 14.7 Å². The monoisotopic (exact) mass is 268 g/mol. The summed E-state index contributed by atoms with van der Waals surface area (Å²) in [5.41, 5.74) is 1.13. The van der Waals surface area contributed by atoms with Gasteiger partial charge in [-0.15, -0.1) is 0 Å². The van der Waals surface area contributed by atoms with Gasteiger partial charge in [0.2, 0.25) is 0 Å². The zero-order valence-electron chi connectivity index (χ0n) is 9.98. The second-order valence-corrected chi connectivity index (χ2v) is 4.50. The van der Waals surface area contributed by atoms with Crippen LogP contribution in [0.5, 0.6) is 0 Å². The largest absolute Gasteiger partial charge is 0.386 e. The number of imidazole rings is 1. The molecule has 0 amide bonds. The van der Waals surface area contributed by atoms with E-state index in [9.17, 15) is 9.50 Å². The van der Waals surface area contributed by atoms with E-state index in [2.05, 4.69) is 4.98 Å². The molecular formula is C13H14ClFN2O. The Kier molecular flexibility index (Phi) is 3.99. The summed E-state index contributed by atoms with van der Waals surface area (Å²) in [4.78, 5) is 3.98. The van der Waals surface area contributed by atoms with E-state index in [1.807, 2.05) is 11.5 Å². The summed E-state index contributed by atoms with van der Waals surface area (Å²) in [6, 6.07) is 4.46. The van der Waals surface area contributed by atoms with Crippen molar-refractivity contribution >= 4 is 11.6 Å². The maximum atomic E-state index is 13.6. The number of rotatable bonds is 4. The smallest absolute Gasteiger partial charge is 0.127 e. The lowest BCUT2D eigenvalue weighted by atomic mass is 10.1. The first-order valence-electron chi connectivity index (χ1n) is 5.73. The van der Waals surface area contributed by atoms with Gasteiger partial charge in [-0.3, -0.25) is 0 Å². The van der Waals surface area contributed by atoms with Crippen molar-refractivity contribution in [2.45, 2.75) is 26.0 Å². The number of hydrogen-bond acceptors (Lipinski definition) is 2. The molecule has 3 nitrogen and oxygen atoms in total. The minimum atomic E-state index is -0.775. The Hall–Kier alpha value is -1.39. The number of aliphatic hydroxyl groups excluding tert-OH is 1. The summed E-state index contributed by atoms with van der Waals surface area (Å²) in [6.45, 7) is 2.68. The van der Waals surface area contributed by atoms with Gasteiger partial charge in [0.1, 0.15) is 5.82 Å². The molecule has 0 aliphatic heterocycles. The molecule has 0 saturated heterocycles. The fraction of sp³-hybridized carbons (Fsp3) is 0.308. The van der Waals surface area contributed by atoms with Gasteiger partial charge in [0.25, 0.3) is 0 Å². The fourth-order valence-electron chi connectivity index (χ4n) is 1.87. The molecule has 1 atom stereocenters. The van der Waals surface area contributed by atoms with E-state index in [0.29, 0.717) is 16.3 Å². The molecule has 5 heteroatoms. The Labute approximate surface area is 110 Å². The predicted molar refractivity (Wildman–Crippen MR) is 68.0 cm³/mol. The molecule has 0 radical (unpaired) electrons. The minimum Gasteiger partial charge on any atom is -0.386 e. The van der Waals surface area contributed by atoms with Crippen LogP contribution >= 0.6 is 11.6 Å². The van der Waals surface area contributed by atoms with Crippen molar-refractivity contribution in [2.24, 2.45) is 0 Å². The van der Waals surface area contributed by atoms with Crippen LogP contribution in [0.15, 0.2) is 30.7 Å². The average molecular weight is 269 g/mol. The van der Waals surface area contributed by atoms with Crippen LogP contribution in [0.2, 0.25) is 5.02 Å². The SMILES string of the molecule is CCn1cncc1C(O)Cc1ccc(Cl)cc1F. The van der Waals surface area contributed by atoms with Crippen LogP contribution in [0, 0.1) is 5.82 Å². The van der Waals surface area contributed by atoms with E-state index in [4.69, 9.17) is 11.6 Å². The predicted octanol–water partition coefficient (Wildman–Crippen LogP) is 2.97. The topological polar surface area (TPSA) is 38.0 Å². The number of halogens is 2. The van der Waals surface area contributed by atoms with Gasteiger partial charge in [-0.05, 0) is 24.6 Å². The van der Waals surface area contributed by atoms with Gasteiger partial charge in [0, 0.05) is 18.0 Å². The Morgan fingerprint density at radius 2 is 2.28 bits per heavy atom. The number of benzene rings is 1. The van der Waals surface area contributed by atoms with Crippen LogP contribution in [0.1, 0.15) is 24.3 Å². The molecular weight excluding hydrogens is 255 g/mol. The van der Waals surface area contributed by atoms with E-state index >= 15 is 0 Å². The third-order valence-electron chi connectivity index (χ3n) is 2.85. The highest BCUT2D eigenvalue weighted by atomic mass is 35.5. The van der Waals surface area contributed by atoms with Crippen molar-refractivity contribution in [2.75, 3.05) is 0 Å². The number of aromatic nitrogens is 2. The zero-order valence-corrected chi connectivity index (χ0v) is 10.7. The van der Waals surface area contributed by atoms with Gasteiger partial charge in [-0.25, -0.2) is 9.37 Å². The minimum absolute atomic E-state index is 0.203. The fourth-order valence-corrected chi connectivity index (χ4v) is 2.03. The van der Waals surface area contributed by atoms with Gasteiger partial charge in [-0.2, -0.15) is 0 Å². The Bertz CT molecular complexity index is 542. The lowest BCUT2D eigenvalue weighted by Crippen LogP contribution is -2.09. The Balaban J connectivity index is 2.18. The van der Waals surface area contributed by atoms with Gasteiger partial charge in [0.05, 0.1) is 24.3 Å². The van der Waals surface area contributed by atoms with Crippen LogP contribution in [0.25, 0.3) is 0 Å². The lowest BCUT2D eigenvalue weighted by molar-refractivity contribution is 0.167. The summed E-state index contributed by atoms with van der Waals surface area (Å²) in [5.74, 6) is -0.399. The maximum absolute atomic E-state index is 13.6. The molecule has 2 rings (SSSR count). The van der Waals surface area contributed by atoms with Crippen molar-refractivity contribution in [1.82, 2.24) is 9.55 Å². The Morgan fingerprint density at radius 3 is 2.94 bits per heavy atom. The van der Waals surface area contributed by atoms with Crippen LogP contribution < -0.4 is 0 Å². The van der Waals surface area contributed by atoms with Gasteiger partial charge in [-0.1, -0.05) is 17.7 Å². The second-order valence-electron chi connectivity index (χ2n) is 4.06. The van der Waals surface area contributed by atoms with Gasteiger partial charge < -0.3 is 9.67 Å². The highest BCUT2D eigenvalue weighted by molar-refractivity contribution is 6.30. The summed E-state index contributed by atoms with van der Waals surface area (Å²) in [7, 11) is 0. The number of aryl methyl sites for hydroxylation is 1. The molecule has 18 heavy (non-hydrogen) atoms. The van der Waals surface area contributed by atoms with E-state index < -0.39 is 11.9 Å². The molecule has 1 aromatic heterocycles. The molecule has 2 aromatic rings. The van der Waals surface area contributed by atoms with Gasteiger partial charge in [0.15, 0.2) is 0 Å². The molecule has 1 heterocycles. The summed E-state index contributed by atoms with van der Waals surface area (Å²) < 4.78 is 15.4. The average Bonchev–Trinajstić information content (AvgIpc) is 2.81. The molecule has 1 N–H and O–H groups in total. The maximum Gasteiger partial charge on any atom is 0.127 e. The van der Waals surface area contributed by atoms with Crippen LogP contribution in [-0.2, 0) is 13.0 Å². The molecule has 0 aliphatic rings. The Morgan fingerprint density at radius 1 is 1.50 bits per heavy atom. The highest BCUT2D eigenvalue weighted by Gasteiger charge is 2.15. The third kappa shape index (κ3) is 2.71. The van der Waals surface area contributed by atoms with Crippen molar-refractivity contribution in [3.05, 3.63) is 52.8 Å². The van der Waals surface area contributed by atoms with E-state index in [1.54, 1.807) is 24.7 Å². The normalized spacial score (nSPS) is 12.7. The summed E-state index contributed by atoms with van der Waals surface area (Å²) in [5, 5.41) is 10.5. The number of hydrogen-bond donors (Lipinski definition) is 1. The zero-order chi connectivity index (χ0) is 13.1. The molecule has 0 fully saturated rings. The van der Waals surface area contributed by atoms with Gasteiger partial charge >= 0.3 is 0 Å². The first kappa shape index (κ1) is 13.1. The highest BCUT2D eigenvalue weighted by Crippen LogP contribution is 2.22. The number of aliphatic hydroxyl groups is 1. The lowest BCUT2D eigenvalue weighted by Gasteiger charge is -2.13. The number of nitrogens with zero attached hydrogens (tertiary/aromatic N) is 2. The first-order valence-corrected chi connectivity index (χ1v) is 6.11. The molecule has 1 aromatic carbocycles. The molecule has 0 bridgehead atoms. The van der Waals surface area contributed by atoms with Crippen molar-refractivity contribution < 1.29 is 9.50 Å². The molecule has 0 spiro atoms. The quantitative estimate of drug-likeness (QED) is 0.926. The molecule has 0 aliphatic carbocycles. The second kappa shape index (κ2) is 5.50. The molecule has 96 valence electrons. The van der Waals surface area contributed by atoms with Crippen molar-refractivity contribution in [1.29, 1.82) is 0 Å². The van der Waals surface area contributed by atoms with Crippen molar-refractivity contribution in [3.8, 4) is 0 Å². The molecule has 1 unspecified atom stereocenters. The van der Waals surface area contributed by atoms with E-state index in [-0.39, 0.29) is 6.42 Å². The van der Waals surface area contributed by atoms with E-state index in [0.717, 1.165) is 6.54 Å².